The van der Waals surface area contributed by atoms with Gasteiger partial charge >= 0.3 is 0 Å². The molecule has 0 amide bonds. The summed E-state index contributed by atoms with van der Waals surface area (Å²) in [6.45, 7) is 11.9. The van der Waals surface area contributed by atoms with Crippen molar-refractivity contribution < 1.29 is 21.1 Å². The summed E-state index contributed by atoms with van der Waals surface area (Å²) in [5.74, 6) is 0. The van der Waals surface area contributed by atoms with Crippen LogP contribution in [0.5, 0.6) is 0 Å². The normalized spacial score (nSPS) is 11.5. The molecule has 0 N–H and O–H groups in total. The first kappa shape index (κ1) is 22.8. The number of unbranched alkanes of at least 4 members (excludes halogenated alkanes) is 7. The molecule has 134 valence electrons. The molecule has 0 aliphatic rings. The van der Waals surface area contributed by atoms with Gasteiger partial charge in [0.05, 0.1) is 5.69 Å². The number of aromatic nitrogens is 3. The van der Waals surface area contributed by atoms with Crippen LogP contribution in [0.3, 0.4) is 0 Å². The van der Waals surface area contributed by atoms with Crippen LogP contribution in [0, 0.1) is 12.3 Å². The second-order valence-corrected chi connectivity index (χ2v) is 7.72. The van der Waals surface area contributed by atoms with Gasteiger partial charge < -0.3 is 6.92 Å². The zero-order valence-corrected chi connectivity index (χ0v) is 18.5. The van der Waals surface area contributed by atoms with E-state index in [2.05, 4.69) is 44.2 Å². The number of nitrogens with zero attached hydrogens (tertiary/aromatic N) is 3. The Morgan fingerprint density at radius 3 is 2.26 bits per heavy atom. The Bertz CT molecular complexity index is 382. The van der Waals surface area contributed by atoms with Gasteiger partial charge in [-0.1, -0.05) is 70.9 Å². The van der Waals surface area contributed by atoms with Gasteiger partial charge in [0.25, 0.3) is 0 Å². The fraction of sp³-hybridized carbons (Fsp3) is 0.842. The van der Waals surface area contributed by atoms with Crippen molar-refractivity contribution in [1.82, 2.24) is 15.0 Å². The number of aryl methyl sites for hydroxylation is 2. The van der Waals surface area contributed by atoms with Crippen molar-refractivity contribution in [1.29, 1.82) is 0 Å². The van der Waals surface area contributed by atoms with Crippen molar-refractivity contribution in [3.8, 4) is 0 Å². The van der Waals surface area contributed by atoms with Gasteiger partial charge in [-0.15, -0.1) is 5.10 Å². The molecule has 0 unspecified atom stereocenters. The van der Waals surface area contributed by atoms with Gasteiger partial charge in [-0.2, -0.15) is 6.42 Å². The topological polar surface area (TPSA) is 30.7 Å². The van der Waals surface area contributed by atoms with Gasteiger partial charge in [0.15, 0.2) is 0 Å². The van der Waals surface area contributed by atoms with E-state index in [0.29, 0.717) is 5.41 Å². The Morgan fingerprint density at radius 2 is 1.61 bits per heavy atom. The molecule has 23 heavy (non-hydrogen) atoms. The zero-order valence-electron chi connectivity index (χ0n) is 15.5. The van der Waals surface area contributed by atoms with Crippen LogP contribution < -0.4 is 0 Å². The van der Waals surface area contributed by atoms with Crippen molar-refractivity contribution >= 4 is 0 Å². The summed E-state index contributed by atoms with van der Waals surface area (Å²) in [5, 5.41) is 8.46. The molecule has 0 aromatic carbocycles. The molecular weight excluding hydrogens is 454 g/mol. The van der Waals surface area contributed by atoms with E-state index in [0.717, 1.165) is 25.1 Å². The molecule has 0 aliphatic heterocycles. The van der Waals surface area contributed by atoms with Gasteiger partial charge in [-0.3, -0.25) is 4.68 Å². The van der Waals surface area contributed by atoms with Crippen LogP contribution in [0.4, 0.5) is 0 Å². The molecule has 0 spiro atoms. The second-order valence-electron chi connectivity index (χ2n) is 7.72. The quantitative estimate of drug-likeness (QED) is 0.282. The third-order valence-electron chi connectivity index (χ3n) is 4.08. The molecule has 1 heterocycles. The summed E-state index contributed by atoms with van der Waals surface area (Å²) in [5.41, 5.74) is 1.63. The number of hydrogen-bond acceptors (Lipinski definition) is 2. The Balaban J connectivity index is 0.00000484. The summed E-state index contributed by atoms with van der Waals surface area (Å²) >= 11 is 0. The molecular formula is C19H36N3W-. The first-order valence-corrected chi connectivity index (χ1v) is 9.19. The fourth-order valence-corrected chi connectivity index (χ4v) is 2.68. The maximum absolute atomic E-state index is 4.24. The van der Waals surface area contributed by atoms with Gasteiger partial charge in [-0.25, -0.2) is 0 Å². The van der Waals surface area contributed by atoms with E-state index < -0.39 is 0 Å². The standard InChI is InChI=1S/C19H36N3.W/c1-5-6-11-14-18-17-22(21-20-18)16-13-10-8-7-9-12-15-19(2,3)4;/h17H,1,5-16H2,2-4H3;/q-1;. The Labute approximate surface area is 158 Å². The van der Waals surface area contributed by atoms with Crippen molar-refractivity contribution in [3.05, 3.63) is 18.8 Å². The Morgan fingerprint density at radius 1 is 0.957 bits per heavy atom. The molecule has 3 nitrogen and oxygen atoms in total. The van der Waals surface area contributed by atoms with Crippen LogP contribution in [0.25, 0.3) is 0 Å². The van der Waals surface area contributed by atoms with Gasteiger partial charge in [0, 0.05) is 33.8 Å². The molecule has 0 saturated heterocycles. The average molecular weight is 490 g/mol. The molecule has 0 saturated carbocycles. The van der Waals surface area contributed by atoms with Crippen LogP contribution >= 0.6 is 0 Å². The van der Waals surface area contributed by atoms with Gasteiger partial charge in [0.1, 0.15) is 0 Å². The zero-order chi connectivity index (χ0) is 16.3. The van der Waals surface area contributed by atoms with Crippen LogP contribution in [0.1, 0.15) is 90.7 Å². The minimum Gasteiger partial charge on any atom is -0.343 e. The van der Waals surface area contributed by atoms with Crippen LogP contribution in [0.15, 0.2) is 6.20 Å². The molecule has 0 bridgehead atoms. The minimum atomic E-state index is 0. The SMILES string of the molecule is [CH2-]CCCCc1cn(CCCCCCCCC(C)(C)C)nn1.[W]. The van der Waals surface area contributed by atoms with Crippen molar-refractivity contribution in [2.24, 2.45) is 5.41 Å². The van der Waals surface area contributed by atoms with Crippen LogP contribution in [-0.4, -0.2) is 15.0 Å². The average Bonchev–Trinajstić information content (AvgIpc) is 2.89. The van der Waals surface area contributed by atoms with Crippen molar-refractivity contribution in [3.63, 3.8) is 0 Å². The molecule has 4 heteroatoms. The summed E-state index contributed by atoms with van der Waals surface area (Å²) in [6.07, 6.45) is 15.9. The van der Waals surface area contributed by atoms with Crippen LogP contribution in [0.2, 0.25) is 0 Å². The van der Waals surface area contributed by atoms with E-state index in [9.17, 15) is 0 Å². The van der Waals surface area contributed by atoms with Crippen LogP contribution in [-0.2, 0) is 34.0 Å². The van der Waals surface area contributed by atoms with Gasteiger partial charge in [-0.05, 0) is 24.7 Å². The molecule has 0 aliphatic carbocycles. The first-order chi connectivity index (χ1) is 10.5. The summed E-state index contributed by atoms with van der Waals surface area (Å²) in [4.78, 5) is 0. The predicted octanol–water partition coefficient (Wildman–Crippen LogP) is 5.60. The smallest absolute Gasteiger partial charge is 0.0827 e. The molecule has 1 aromatic rings. The molecule has 0 atom stereocenters. The van der Waals surface area contributed by atoms with E-state index in [-0.39, 0.29) is 21.1 Å². The van der Waals surface area contributed by atoms with E-state index in [1.807, 2.05) is 4.68 Å². The van der Waals surface area contributed by atoms with E-state index in [4.69, 9.17) is 0 Å². The summed E-state index contributed by atoms with van der Waals surface area (Å²) < 4.78 is 2.01. The third-order valence-corrected chi connectivity index (χ3v) is 4.08. The Kier molecular flexibility index (Phi) is 13.1. The van der Waals surface area contributed by atoms with Crippen molar-refractivity contribution in [2.75, 3.05) is 0 Å². The molecule has 1 rings (SSSR count). The molecule has 0 radical (unpaired) electrons. The van der Waals surface area contributed by atoms with Crippen molar-refractivity contribution in [2.45, 2.75) is 97.9 Å². The maximum atomic E-state index is 4.24. The van der Waals surface area contributed by atoms with E-state index >= 15 is 0 Å². The Hall–Kier alpha value is -0.172. The summed E-state index contributed by atoms with van der Waals surface area (Å²) in [6, 6.07) is 0. The summed E-state index contributed by atoms with van der Waals surface area (Å²) in [7, 11) is 0. The van der Waals surface area contributed by atoms with Gasteiger partial charge in [0.2, 0.25) is 0 Å². The molecule has 0 fully saturated rings. The third kappa shape index (κ3) is 12.9. The monoisotopic (exact) mass is 490 g/mol. The second kappa shape index (κ2) is 13.2. The maximum Gasteiger partial charge on any atom is 0.0827 e. The number of rotatable bonds is 12. The fourth-order valence-electron chi connectivity index (χ4n) is 2.68. The van der Waals surface area contributed by atoms with E-state index in [1.54, 1.807) is 0 Å². The minimum absolute atomic E-state index is 0. The number of hydrogen-bond donors (Lipinski definition) is 0. The predicted molar refractivity (Wildman–Crippen MR) is 94.7 cm³/mol. The van der Waals surface area contributed by atoms with E-state index in [1.165, 1.54) is 57.8 Å². The molecule has 1 aromatic heterocycles. The largest absolute Gasteiger partial charge is 0.343 e. The first-order valence-electron chi connectivity index (χ1n) is 9.19.